The number of nitrogens with zero attached hydrogens (tertiary/aromatic N) is 3. The predicted molar refractivity (Wildman–Crippen MR) is 86.7 cm³/mol. The zero-order valence-corrected chi connectivity index (χ0v) is 12.6. The van der Waals surface area contributed by atoms with Crippen molar-refractivity contribution in [2.24, 2.45) is 5.73 Å². The molecule has 1 aromatic carbocycles. The lowest BCUT2D eigenvalue weighted by Crippen LogP contribution is -2.31. The number of para-hydroxylation sites is 1. The predicted octanol–water partition coefficient (Wildman–Crippen LogP) is 1.62. The molecule has 0 radical (unpaired) electrons. The minimum Gasteiger partial charge on any atom is -0.363 e. The van der Waals surface area contributed by atoms with Crippen molar-refractivity contribution in [1.29, 1.82) is 0 Å². The maximum atomic E-state index is 11.3. The molecule has 0 spiro atoms. The van der Waals surface area contributed by atoms with E-state index < -0.39 is 5.91 Å². The number of primary amides is 1. The first-order valence-electron chi connectivity index (χ1n) is 7.62. The Balaban J connectivity index is 1.58. The standard InChI is InChI=1S/C17H17N5O/c18-16(23)17-20-7-11-5-6-22(10-15(11)21-17)9-12-8-19-14-4-2-1-3-13(12)14/h1-4,7-8,19H,5-6,9-10H2,(H2,18,23). The Hall–Kier alpha value is -2.73. The first-order valence-corrected chi connectivity index (χ1v) is 7.62. The number of fused-ring (bicyclic) bond motifs is 2. The topological polar surface area (TPSA) is 87.9 Å². The molecule has 6 heteroatoms. The average Bonchev–Trinajstić information content (AvgIpc) is 2.97. The van der Waals surface area contributed by atoms with Crippen LogP contribution in [0.1, 0.15) is 27.4 Å². The lowest BCUT2D eigenvalue weighted by Gasteiger charge is -2.27. The molecule has 0 saturated carbocycles. The summed E-state index contributed by atoms with van der Waals surface area (Å²) in [5, 5.41) is 1.25. The van der Waals surface area contributed by atoms with Gasteiger partial charge in [-0.3, -0.25) is 9.69 Å². The van der Waals surface area contributed by atoms with Gasteiger partial charge in [0.25, 0.3) is 5.91 Å². The number of rotatable bonds is 3. The van der Waals surface area contributed by atoms with Gasteiger partial charge in [-0.2, -0.15) is 0 Å². The molecule has 3 heterocycles. The number of aromatic nitrogens is 3. The highest BCUT2D eigenvalue weighted by molar-refractivity contribution is 5.88. The maximum absolute atomic E-state index is 11.3. The fourth-order valence-electron chi connectivity index (χ4n) is 3.11. The van der Waals surface area contributed by atoms with Gasteiger partial charge >= 0.3 is 0 Å². The zero-order valence-electron chi connectivity index (χ0n) is 12.6. The molecule has 1 aliphatic heterocycles. The van der Waals surface area contributed by atoms with Gasteiger partial charge in [0.1, 0.15) is 0 Å². The molecule has 1 aliphatic rings. The molecular weight excluding hydrogens is 290 g/mol. The van der Waals surface area contributed by atoms with E-state index in [4.69, 9.17) is 5.73 Å². The number of hydrogen-bond donors (Lipinski definition) is 2. The number of carbonyl (C=O) groups excluding carboxylic acids is 1. The molecule has 1 amide bonds. The fraction of sp³-hybridized carbons (Fsp3) is 0.235. The molecule has 0 bridgehead atoms. The van der Waals surface area contributed by atoms with Gasteiger partial charge in [0, 0.05) is 42.9 Å². The van der Waals surface area contributed by atoms with E-state index >= 15 is 0 Å². The van der Waals surface area contributed by atoms with E-state index in [2.05, 4.69) is 44.2 Å². The number of hydrogen-bond acceptors (Lipinski definition) is 4. The Kier molecular flexibility index (Phi) is 3.31. The van der Waals surface area contributed by atoms with Crippen LogP contribution in [-0.2, 0) is 19.5 Å². The summed E-state index contributed by atoms with van der Waals surface area (Å²) in [6.07, 6.45) is 4.68. The summed E-state index contributed by atoms with van der Waals surface area (Å²) in [4.78, 5) is 25.2. The van der Waals surface area contributed by atoms with Crippen LogP contribution < -0.4 is 5.73 Å². The third-order valence-corrected chi connectivity index (χ3v) is 4.31. The number of benzene rings is 1. The third kappa shape index (κ3) is 2.57. The van der Waals surface area contributed by atoms with Crippen LogP contribution in [-0.4, -0.2) is 32.3 Å². The minimum absolute atomic E-state index is 0.0951. The van der Waals surface area contributed by atoms with Crippen molar-refractivity contribution in [3.8, 4) is 0 Å². The van der Waals surface area contributed by atoms with Gasteiger partial charge < -0.3 is 10.7 Å². The average molecular weight is 307 g/mol. The van der Waals surface area contributed by atoms with Crippen LogP contribution in [0.2, 0.25) is 0 Å². The van der Waals surface area contributed by atoms with Gasteiger partial charge in [-0.05, 0) is 23.6 Å². The Morgan fingerprint density at radius 1 is 1.35 bits per heavy atom. The van der Waals surface area contributed by atoms with E-state index in [1.807, 2.05) is 6.07 Å². The van der Waals surface area contributed by atoms with E-state index in [1.54, 1.807) is 6.20 Å². The van der Waals surface area contributed by atoms with Crippen LogP contribution in [0, 0.1) is 0 Å². The van der Waals surface area contributed by atoms with Gasteiger partial charge in [0.15, 0.2) is 0 Å². The van der Waals surface area contributed by atoms with Crippen molar-refractivity contribution >= 4 is 16.8 Å². The van der Waals surface area contributed by atoms with Crippen LogP contribution in [0.4, 0.5) is 0 Å². The normalized spacial score (nSPS) is 14.8. The first-order chi connectivity index (χ1) is 11.2. The van der Waals surface area contributed by atoms with E-state index in [1.165, 1.54) is 10.9 Å². The largest absolute Gasteiger partial charge is 0.363 e. The number of carbonyl (C=O) groups is 1. The minimum atomic E-state index is -0.582. The maximum Gasteiger partial charge on any atom is 0.286 e. The number of nitrogens with two attached hydrogens (primary N) is 1. The summed E-state index contributed by atoms with van der Waals surface area (Å²) in [6.45, 7) is 2.50. The lowest BCUT2D eigenvalue weighted by atomic mass is 10.1. The second-order valence-corrected chi connectivity index (χ2v) is 5.85. The molecule has 0 aliphatic carbocycles. The molecule has 0 fully saturated rings. The number of H-pyrrole nitrogens is 1. The van der Waals surface area contributed by atoms with E-state index in [9.17, 15) is 4.79 Å². The zero-order chi connectivity index (χ0) is 15.8. The van der Waals surface area contributed by atoms with Gasteiger partial charge in [0.05, 0.1) is 5.69 Å². The van der Waals surface area contributed by atoms with Gasteiger partial charge in [-0.1, -0.05) is 18.2 Å². The SMILES string of the molecule is NC(=O)c1ncc2c(n1)CN(Cc1c[nH]c3ccccc13)CC2. The van der Waals surface area contributed by atoms with Gasteiger partial charge in [-0.15, -0.1) is 0 Å². The Morgan fingerprint density at radius 2 is 2.22 bits per heavy atom. The second-order valence-electron chi connectivity index (χ2n) is 5.85. The van der Waals surface area contributed by atoms with E-state index in [0.29, 0.717) is 6.54 Å². The highest BCUT2D eigenvalue weighted by Gasteiger charge is 2.20. The summed E-state index contributed by atoms with van der Waals surface area (Å²) < 4.78 is 0. The molecule has 0 unspecified atom stereocenters. The molecule has 116 valence electrons. The number of nitrogens with one attached hydrogen (secondary N) is 1. The summed E-state index contributed by atoms with van der Waals surface area (Å²) in [5.74, 6) is -0.487. The summed E-state index contributed by atoms with van der Waals surface area (Å²) >= 11 is 0. The fourth-order valence-corrected chi connectivity index (χ4v) is 3.11. The van der Waals surface area contributed by atoms with Crippen LogP contribution in [0.25, 0.3) is 10.9 Å². The van der Waals surface area contributed by atoms with Crippen LogP contribution in [0.3, 0.4) is 0 Å². The lowest BCUT2D eigenvalue weighted by molar-refractivity contribution is 0.0989. The summed E-state index contributed by atoms with van der Waals surface area (Å²) in [5.41, 5.74) is 9.70. The third-order valence-electron chi connectivity index (χ3n) is 4.31. The van der Waals surface area contributed by atoms with Crippen LogP contribution in [0.15, 0.2) is 36.7 Å². The second kappa shape index (κ2) is 5.48. The number of amides is 1. The molecule has 0 saturated heterocycles. The first kappa shape index (κ1) is 13.9. The van der Waals surface area contributed by atoms with Crippen molar-refractivity contribution in [3.63, 3.8) is 0 Å². The smallest absolute Gasteiger partial charge is 0.286 e. The van der Waals surface area contributed by atoms with Crippen LogP contribution >= 0.6 is 0 Å². The van der Waals surface area contributed by atoms with E-state index in [0.717, 1.165) is 36.3 Å². The Bertz CT molecular complexity index is 886. The monoisotopic (exact) mass is 307 g/mol. The molecular formula is C17H17N5O. The molecule has 4 rings (SSSR count). The van der Waals surface area contributed by atoms with Crippen LogP contribution in [0.5, 0.6) is 0 Å². The number of aromatic amines is 1. The van der Waals surface area contributed by atoms with Gasteiger partial charge in [0.2, 0.25) is 5.82 Å². The Morgan fingerprint density at radius 3 is 3.09 bits per heavy atom. The molecule has 6 nitrogen and oxygen atoms in total. The highest BCUT2D eigenvalue weighted by Crippen LogP contribution is 2.23. The van der Waals surface area contributed by atoms with Gasteiger partial charge in [-0.25, -0.2) is 9.97 Å². The summed E-state index contributed by atoms with van der Waals surface area (Å²) in [6, 6.07) is 8.29. The van der Waals surface area contributed by atoms with Crippen molar-refractivity contribution in [2.75, 3.05) is 6.54 Å². The quantitative estimate of drug-likeness (QED) is 0.769. The molecule has 2 aromatic heterocycles. The molecule has 0 atom stereocenters. The van der Waals surface area contributed by atoms with E-state index in [-0.39, 0.29) is 5.82 Å². The van der Waals surface area contributed by atoms with Crippen molar-refractivity contribution in [3.05, 3.63) is 59.3 Å². The molecule has 23 heavy (non-hydrogen) atoms. The highest BCUT2D eigenvalue weighted by atomic mass is 16.1. The molecule has 3 N–H and O–H groups in total. The van der Waals surface area contributed by atoms with Crippen molar-refractivity contribution in [1.82, 2.24) is 19.9 Å². The molecule has 3 aromatic rings. The van der Waals surface area contributed by atoms with Crippen molar-refractivity contribution < 1.29 is 4.79 Å². The summed E-state index contributed by atoms with van der Waals surface area (Å²) in [7, 11) is 0. The Labute approximate surface area is 133 Å². The van der Waals surface area contributed by atoms with Crippen molar-refractivity contribution in [2.45, 2.75) is 19.5 Å².